The molecule has 4 saturated carbocycles. The maximum atomic E-state index is 12.6. The SMILES string of the molecule is COc1ccc(Cl)cc1S(=O)(=O)NCCOC12CC3CC(CC(C3)C1)C2. The van der Waals surface area contributed by atoms with E-state index in [-0.39, 0.29) is 22.8 Å². The number of rotatable bonds is 7. The molecule has 0 heterocycles. The molecule has 0 amide bonds. The molecular formula is C19H26ClNO4S. The Hall–Kier alpha value is -0.820. The van der Waals surface area contributed by atoms with E-state index in [1.165, 1.54) is 32.4 Å². The Bertz CT molecular complexity index is 744. The summed E-state index contributed by atoms with van der Waals surface area (Å²) in [6.07, 6.45) is 7.53. The van der Waals surface area contributed by atoms with E-state index < -0.39 is 10.0 Å². The Morgan fingerprint density at radius 3 is 2.35 bits per heavy atom. The standard InChI is InChI=1S/C19H26ClNO4S/c1-24-17-3-2-16(20)9-18(17)26(22,23)21-4-5-25-19-10-13-6-14(11-19)8-15(7-13)12-19/h2-3,9,13-15,21H,4-8,10-12H2,1H3. The molecule has 0 aliphatic heterocycles. The van der Waals surface area contributed by atoms with Crippen LogP contribution in [0.5, 0.6) is 5.75 Å². The van der Waals surface area contributed by atoms with E-state index in [1.54, 1.807) is 12.1 Å². The Labute approximate surface area is 160 Å². The molecule has 4 aliphatic rings. The molecule has 0 atom stereocenters. The number of methoxy groups -OCH3 is 1. The lowest BCUT2D eigenvalue weighted by atomic mass is 9.54. The van der Waals surface area contributed by atoms with E-state index in [1.807, 2.05) is 0 Å². The van der Waals surface area contributed by atoms with Crippen molar-refractivity contribution < 1.29 is 17.9 Å². The van der Waals surface area contributed by atoms with Gasteiger partial charge < -0.3 is 9.47 Å². The van der Waals surface area contributed by atoms with E-state index in [4.69, 9.17) is 21.1 Å². The van der Waals surface area contributed by atoms with Crippen LogP contribution in [-0.2, 0) is 14.8 Å². The highest BCUT2D eigenvalue weighted by Crippen LogP contribution is 2.57. The maximum absolute atomic E-state index is 12.6. The van der Waals surface area contributed by atoms with Gasteiger partial charge in [0.15, 0.2) is 0 Å². The molecule has 0 saturated heterocycles. The van der Waals surface area contributed by atoms with Crippen LogP contribution in [0.4, 0.5) is 0 Å². The van der Waals surface area contributed by atoms with Gasteiger partial charge in [0, 0.05) is 11.6 Å². The molecule has 1 aromatic rings. The van der Waals surface area contributed by atoms with Crippen molar-refractivity contribution in [1.29, 1.82) is 0 Å². The van der Waals surface area contributed by atoms with Crippen LogP contribution in [0.15, 0.2) is 23.1 Å². The first-order valence-corrected chi connectivity index (χ1v) is 11.2. The van der Waals surface area contributed by atoms with Crippen LogP contribution in [0, 0.1) is 17.8 Å². The molecule has 4 bridgehead atoms. The zero-order chi connectivity index (χ0) is 18.4. The molecule has 5 nitrogen and oxygen atoms in total. The van der Waals surface area contributed by atoms with Crippen LogP contribution in [0.3, 0.4) is 0 Å². The molecule has 0 aromatic heterocycles. The fraction of sp³-hybridized carbons (Fsp3) is 0.684. The van der Waals surface area contributed by atoms with Gasteiger partial charge in [-0.1, -0.05) is 11.6 Å². The van der Waals surface area contributed by atoms with Crippen LogP contribution >= 0.6 is 11.6 Å². The van der Waals surface area contributed by atoms with Crippen LogP contribution in [-0.4, -0.2) is 34.3 Å². The van der Waals surface area contributed by atoms with Crippen molar-refractivity contribution in [3.63, 3.8) is 0 Å². The Morgan fingerprint density at radius 2 is 1.77 bits per heavy atom. The molecular weight excluding hydrogens is 374 g/mol. The summed E-state index contributed by atoms with van der Waals surface area (Å²) in [7, 11) is -2.25. The largest absolute Gasteiger partial charge is 0.495 e. The summed E-state index contributed by atoms with van der Waals surface area (Å²) in [5.41, 5.74) is -0.00601. The minimum atomic E-state index is -3.69. The number of sulfonamides is 1. The van der Waals surface area contributed by atoms with Gasteiger partial charge >= 0.3 is 0 Å². The van der Waals surface area contributed by atoms with Crippen molar-refractivity contribution in [2.45, 2.75) is 49.0 Å². The number of halogens is 1. The molecule has 5 rings (SSSR count). The van der Waals surface area contributed by atoms with Gasteiger partial charge in [0.1, 0.15) is 10.6 Å². The van der Waals surface area contributed by atoms with Crippen molar-refractivity contribution in [1.82, 2.24) is 4.72 Å². The summed E-state index contributed by atoms with van der Waals surface area (Å²) < 4.78 is 39.2. The average Bonchev–Trinajstić information content (AvgIpc) is 2.57. The normalized spacial score (nSPS) is 32.8. The Morgan fingerprint density at radius 1 is 1.15 bits per heavy atom. The highest BCUT2D eigenvalue weighted by molar-refractivity contribution is 7.89. The lowest BCUT2D eigenvalue weighted by Crippen LogP contribution is -2.52. The molecule has 0 radical (unpaired) electrons. The minimum absolute atomic E-state index is 0.00601. The molecule has 144 valence electrons. The Balaban J connectivity index is 1.35. The fourth-order valence-corrected chi connectivity index (χ4v) is 7.03. The number of hydrogen-bond acceptors (Lipinski definition) is 4. The van der Waals surface area contributed by atoms with E-state index in [0.29, 0.717) is 11.6 Å². The summed E-state index contributed by atoms with van der Waals surface area (Å²) in [6, 6.07) is 4.57. The molecule has 7 heteroatoms. The van der Waals surface area contributed by atoms with Crippen molar-refractivity contribution in [3.8, 4) is 5.75 Å². The van der Waals surface area contributed by atoms with Gasteiger partial charge in [0.05, 0.1) is 19.3 Å². The highest BCUT2D eigenvalue weighted by atomic mass is 35.5. The molecule has 26 heavy (non-hydrogen) atoms. The van der Waals surface area contributed by atoms with Gasteiger partial charge in [0.25, 0.3) is 0 Å². The summed E-state index contributed by atoms with van der Waals surface area (Å²) >= 11 is 5.95. The Kier molecular flexibility index (Phi) is 4.97. The van der Waals surface area contributed by atoms with Gasteiger partial charge in [-0.25, -0.2) is 13.1 Å². The van der Waals surface area contributed by atoms with E-state index in [0.717, 1.165) is 37.0 Å². The molecule has 4 aliphatic carbocycles. The topological polar surface area (TPSA) is 64.6 Å². The van der Waals surface area contributed by atoms with Crippen molar-refractivity contribution >= 4 is 21.6 Å². The second-order valence-corrected chi connectivity index (χ2v) is 10.3. The van der Waals surface area contributed by atoms with Gasteiger partial charge in [-0.2, -0.15) is 0 Å². The van der Waals surface area contributed by atoms with Crippen LogP contribution in [0.25, 0.3) is 0 Å². The van der Waals surface area contributed by atoms with E-state index in [2.05, 4.69) is 4.72 Å². The third-order valence-electron chi connectivity index (χ3n) is 6.20. The van der Waals surface area contributed by atoms with E-state index in [9.17, 15) is 8.42 Å². The third kappa shape index (κ3) is 3.61. The quantitative estimate of drug-likeness (QED) is 0.711. The lowest BCUT2D eigenvalue weighted by molar-refractivity contribution is -0.160. The van der Waals surface area contributed by atoms with Gasteiger partial charge in [0.2, 0.25) is 10.0 Å². The van der Waals surface area contributed by atoms with Crippen molar-refractivity contribution in [2.75, 3.05) is 20.3 Å². The summed E-state index contributed by atoms with van der Waals surface area (Å²) in [6.45, 7) is 0.647. The van der Waals surface area contributed by atoms with E-state index >= 15 is 0 Å². The van der Waals surface area contributed by atoms with Gasteiger partial charge in [-0.15, -0.1) is 0 Å². The number of ether oxygens (including phenoxy) is 2. The number of hydrogen-bond donors (Lipinski definition) is 1. The first kappa shape index (κ1) is 18.5. The average molecular weight is 400 g/mol. The smallest absolute Gasteiger partial charge is 0.244 e. The molecule has 1 N–H and O–H groups in total. The van der Waals surface area contributed by atoms with Crippen molar-refractivity contribution in [2.24, 2.45) is 17.8 Å². The number of nitrogens with one attached hydrogen (secondary N) is 1. The minimum Gasteiger partial charge on any atom is -0.495 e. The number of benzene rings is 1. The van der Waals surface area contributed by atoms with Gasteiger partial charge in [-0.3, -0.25) is 0 Å². The van der Waals surface area contributed by atoms with Crippen LogP contribution < -0.4 is 9.46 Å². The first-order valence-electron chi connectivity index (χ1n) is 9.36. The summed E-state index contributed by atoms with van der Waals surface area (Å²) in [5, 5.41) is 0.357. The predicted molar refractivity (Wildman–Crippen MR) is 100 cm³/mol. The molecule has 0 unspecified atom stereocenters. The van der Waals surface area contributed by atoms with Crippen molar-refractivity contribution in [3.05, 3.63) is 23.2 Å². The zero-order valence-corrected chi connectivity index (χ0v) is 16.6. The summed E-state index contributed by atoms with van der Waals surface area (Å²) in [4.78, 5) is 0.0577. The molecule has 0 spiro atoms. The lowest BCUT2D eigenvalue weighted by Gasteiger charge is -2.56. The fourth-order valence-electron chi connectivity index (χ4n) is 5.59. The first-order chi connectivity index (χ1) is 12.4. The second-order valence-electron chi connectivity index (χ2n) is 8.14. The summed E-state index contributed by atoms with van der Waals surface area (Å²) in [5.74, 6) is 2.72. The predicted octanol–water partition coefficient (Wildman–Crippen LogP) is 3.61. The molecule has 4 fully saturated rings. The third-order valence-corrected chi connectivity index (χ3v) is 7.92. The van der Waals surface area contributed by atoms with Crippen LogP contribution in [0.1, 0.15) is 38.5 Å². The van der Waals surface area contributed by atoms with Gasteiger partial charge in [-0.05, 0) is 74.5 Å². The highest BCUT2D eigenvalue weighted by Gasteiger charge is 2.51. The second kappa shape index (κ2) is 6.97. The van der Waals surface area contributed by atoms with Crippen LogP contribution in [0.2, 0.25) is 5.02 Å². The monoisotopic (exact) mass is 399 g/mol. The zero-order valence-electron chi connectivity index (χ0n) is 15.0. The maximum Gasteiger partial charge on any atom is 0.244 e. The molecule has 1 aromatic carbocycles.